The number of rotatable bonds is 4. The standard InChI is InChI=1S/C16H20FN3O4.H2O/c1-11(21)18-9-13-10-20(16(22)24-13)12-2-3-15(14(17)8-12)19-4-6-23-7-5-19;/h2-3,8,13H,4-7,9-10H2,1H3,(H,18,21);1H2/p-1/t13-;/m0./s1. The Morgan fingerprint density at radius 3 is 2.72 bits per heavy atom. The van der Waals surface area contributed by atoms with E-state index in [2.05, 4.69) is 5.32 Å². The number of cyclic esters (lactones) is 1. The molecule has 2 N–H and O–H groups in total. The van der Waals surface area contributed by atoms with E-state index >= 15 is 0 Å². The number of hydrogen-bond acceptors (Lipinski definition) is 6. The number of anilines is 2. The van der Waals surface area contributed by atoms with Gasteiger partial charge in [0.1, 0.15) is 11.9 Å². The second-order valence-corrected chi connectivity index (χ2v) is 5.79. The van der Waals surface area contributed by atoms with Gasteiger partial charge in [-0.15, -0.1) is 0 Å². The number of halogens is 1. The summed E-state index contributed by atoms with van der Waals surface area (Å²) in [5.74, 6) is -0.571. The zero-order valence-corrected chi connectivity index (χ0v) is 13.9. The lowest BCUT2D eigenvalue weighted by Crippen LogP contribution is -2.36. The molecule has 2 amide bonds. The molecule has 1 aromatic carbocycles. The molecular weight excluding hydrogens is 333 g/mol. The molecule has 2 fully saturated rings. The van der Waals surface area contributed by atoms with Crippen LogP contribution in [0.1, 0.15) is 6.92 Å². The van der Waals surface area contributed by atoms with Gasteiger partial charge in [-0.1, -0.05) is 0 Å². The van der Waals surface area contributed by atoms with E-state index in [9.17, 15) is 14.0 Å². The van der Waals surface area contributed by atoms with Gasteiger partial charge >= 0.3 is 6.09 Å². The van der Waals surface area contributed by atoms with Crippen LogP contribution in [0.5, 0.6) is 0 Å². The van der Waals surface area contributed by atoms with Gasteiger partial charge in [-0.25, -0.2) is 9.18 Å². The van der Waals surface area contributed by atoms with Crippen LogP contribution in [0.4, 0.5) is 20.6 Å². The molecule has 2 aliphatic rings. The molecule has 2 saturated heterocycles. The van der Waals surface area contributed by atoms with Gasteiger partial charge in [-0.2, -0.15) is 0 Å². The number of nitrogens with zero attached hydrogens (tertiary/aromatic N) is 2. The smallest absolute Gasteiger partial charge is 0.414 e. The van der Waals surface area contributed by atoms with E-state index in [0.717, 1.165) is 0 Å². The maximum atomic E-state index is 14.4. The first-order chi connectivity index (χ1) is 11.5. The summed E-state index contributed by atoms with van der Waals surface area (Å²) in [4.78, 5) is 26.2. The summed E-state index contributed by atoms with van der Waals surface area (Å²) in [7, 11) is 0. The average Bonchev–Trinajstić information content (AvgIpc) is 2.94. The van der Waals surface area contributed by atoms with E-state index in [1.54, 1.807) is 12.1 Å². The van der Waals surface area contributed by atoms with E-state index in [4.69, 9.17) is 9.47 Å². The fraction of sp³-hybridized carbons (Fsp3) is 0.500. The molecule has 0 aromatic heterocycles. The first-order valence-corrected chi connectivity index (χ1v) is 7.89. The van der Waals surface area contributed by atoms with Crippen LogP contribution in [0.3, 0.4) is 0 Å². The Morgan fingerprint density at radius 1 is 1.36 bits per heavy atom. The van der Waals surface area contributed by atoms with Crippen molar-refractivity contribution in [3.8, 4) is 0 Å². The maximum absolute atomic E-state index is 14.4. The van der Waals surface area contributed by atoms with E-state index in [-0.39, 0.29) is 30.3 Å². The van der Waals surface area contributed by atoms with Crippen molar-refractivity contribution in [1.29, 1.82) is 0 Å². The fourth-order valence-corrected chi connectivity index (χ4v) is 2.82. The summed E-state index contributed by atoms with van der Waals surface area (Å²) < 4.78 is 24.9. The maximum Gasteiger partial charge on any atom is 0.414 e. The molecule has 0 spiro atoms. The molecule has 0 saturated carbocycles. The van der Waals surface area contributed by atoms with Crippen LogP contribution in [0.2, 0.25) is 0 Å². The molecular formula is C16H21FN3O5-. The van der Waals surface area contributed by atoms with Crippen molar-refractivity contribution < 1.29 is 28.9 Å². The van der Waals surface area contributed by atoms with E-state index in [1.807, 2.05) is 4.90 Å². The highest BCUT2D eigenvalue weighted by atomic mass is 19.1. The number of morpholine rings is 1. The summed E-state index contributed by atoms with van der Waals surface area (Å²) in [5, 5.41) is 2.61. The molecule has 1 atom stereocenters. The van der Waals surface area contributed by atoms with Crippen molar-refractivity contribution in [3.63, 3.8) is 0 Å². The van der Waals surface area contributed by atoms with Crippen LogP contribution in [0.25, 0.3) is 0 Å². The van der Waals surface area contributed by atoms with Crippen LogP contribution >= 0.6 is 0 Å². The third-order valence-electron chi connectivity index (χ3n) is 4.05. The zero-order valence-electron chi connectivity index (χ0n) is 13.9. The second kappa shape index (κ2) is 8.13. The highest BCUT2D eigenvalue weighted by Crippen LogP contribution is 2.28. The molecule has 0 unspecified atom stereocenters. The number of carbonyl (C=O) groups is 2. The first-order valence-electron chi connectivity index (χ1n) is 7.89. The van der Waals surface area contributed by atoms with Crippen LogP contribution in [-0.2, 0) is 14.3 Å². The molecule has 25 heavy (non-hydrogen) atoms. The average molecular weight is 354 g/mol. The minimum absolute atomic E-state index is 0. The van der Waals surface area contributed by atoms with Crippen molar-refractivity contribution >= 4 is 23.4 Å². The minimum atomic E-state index is -0.538. The van der Waals surface area contributed by atoms with Gasteiger partial charge in [-0.05, 0) is 18.2 Å². The molecule has 9 heteroatoms. The molecule has 2 heterocycles. The van der Waals surface area contributed by atoms with Crippen LogP contribution in [0, 0.1) is 5.82 Å². The van der Waals surface area contributed by atoms with Crippen LogP contribution in [0.15, 0.2) is 18.2 Å². The van der Waals surface area contributed by atoms with E-state index in [0.29, 0.717) is 37.7 Å². The van der Waals surface area contributed by atoms with Crippen molar-refractivity contribution in [1.82, 2.24) is 5.32 Å². The predicted molar refractivity (Wildman–Crippen MR) is 87.7 cm³/mol. The number of ether oxygens (including phenoxy) is 2. The summed E-state index contributed by atoms with van der Waals surface area (Å²) in [6.07, 6.45) is -0.979. The lowest BCUT2D eigenvalue weighted by Gasteiger charge is -2.29. The van der Waals surface area contributed by atoms with Crippen LogP contribution in [-0.4, -0.2) is 63.0 Å². The Hall–Kier alpha value is -2.39. The quantitative estimate of drug-likeness (QED) is 0.864. The van der Waals surface area contributed by atoms with Gasteiger partial charge in [-0.3, -0.25) is 9.69 Å². The van der Waals surface area contributed by atoms with Gasteiger partial charge in [0.15, 0.2) is 0 Å². The summed E-state index contributed by atoms with van der Waals surface area (Å²) >= 11 is 0. The number of hydrogen-bond donors (Lipinski definition) is 1. The fourth-order valence-electron chi connectivity index (χ4n) is 2.82. The third-order valence-corrected chi connectivity index (χ3v) is 4.05. The normalized spacial score (nSPS) is 20.1. The Balaban J connectivity index is 0.00000225. The number of nitrogens with one attached hydrogen (secondary N) is 1. The van der Waals surface area contributed by atoms with Crippen LogP contribution < -0.4 is 15.1 Å². The molecule has 3 rings (SSSR count). The van der Waals surface area contributed by atoms with E-state index < -0.39 is 12.2 Å². The predicted octanol–water partition coefficient (Wildman–Crippen LogP) is 0.947. The molecule has 0 aliphatic carbocycles. The number of carbonyl (C=O) groups excluding carboxylic acids is 2. The lowest BCUT2D eigenvalue weighted by molar-refractivity contribution is -0.119. The summed E-state index contributed by atoms with van der Waals surface area (Å²) in [5.41, 5.74) is 0.948. The van der Waals surface area contributed by atoms with Crippen molar-refractivity contribution in [3.05, 3.63) is 24.0 Å². The van der Waals surface area contributed by atoms with Crippen molar-refractivity contribution in [2.45, 2.75) is 13.0 Å². The van der Waals surface area contributed by atoms with Gasteiger partial charge in [0, 0.05) is 20.0 Å². The SMILES string of the molecule is CC(=O)NC[C@H]1CN(c2ccc(N3CCOCC3)c(F)c2)C(=O)O1.[OH-]. The lowest BCUT2D eigenvalue weighted by atomic mass is 10.2. The summed E-state index contributed by atoms with van der Waals surface area (Å²) in [6.45, 7) is 4.34. The second-order valence-electron chi connectivity index (χ2n) is 5.79. The molecule has 8 nitrogen and oxygen atoms in total. The molecule has 0 bridgehead atoms. The van der Waals surface area contributed by atoms with Crippen molar-refractivity contribution in [2.24, 2.45) is 0 Å². The Bertz CT molecular complexity index is 636. The Labute approximate surface area is 144 Å². The largest absolute Gasteiger partial charge is 0.870 e. The van der Waals surface area contributed by atoms with E-state index in [1.165, 1.54) is 17.9 Å². The Kier molecular flexibility index (Phi) is 6.16. The number of benzene rings is 1. The molecule has 0 radical (unpaired) electrons. The van der Waals surface area contributed by atoms with Gasteiger partial charge in [0.25, 0.3) is 0 Å². The summed E-state index contributed by atoms with van der Waals surface area (Å²) in [6, 6.07) is 4.72. The monoisotopic (exact) mass is 354 g/mol. The minimum Gasteiger partial charge on any atom is -0.870 e. The highest BCUT2D eigenvalue weighted by molar-refractivity contribution is 5.90. The van der Waals surface area contributed by atoms with Gasteiger partial charge in [0.2, 0.25) is 5.91 Å². The van der Waals surface area contributed by atoms with Gasteiger partial charge in [0.05, 0.1) is 37.7 Å². The van der Waals surface area contributed by atoms with Gasteiger partial charge < -0.3 is 25.2 Å². The zero-order chi connectivity index (χ0) is 17.1. The third kappa shape index (κ3) is 4.37. The molecule has 2 aliphatic heterocycles. The number of amides is 2. The van der Waals surface area contributed by atoms with Crippen molar-refractivity contribution in [2.75, 3.05) is 49.2 Å². The first kappa shape index (κ1) is 18.9. The Morgan fingerprint density at radius 2 is 2.08 bits per heavy atom. The molecule has 1 aromatic rings. The molecule has 138 valence electrons. The topological polar surface area (TPSA) is 101 Å². The highest BCUT2D eigenvalue weighted by Gasteiger charge is 2.32.